The molecular weight excluding hydrogens is 344 g/mol. The lowest BCUT2D eigenvalue weighted by Gasteiger charge is -2.08. The Labute approximate surface area is 150 Å². The topological polar surface area (TPSA) is 48.2 Å². The Kier molecular flexibility index (Phi) is 5.43. The Morgan fingerprint density at radius 3 is 2.67 bits per heavy atom. The van der Waals surface area contributed by atoms with E-state index in [0.717, 1.165) is 22.6 Å². The number of aromatic nitrogens is 2. The van der Waals surface area contributed by atoms with Crippen molar-refractivity contribution in [3.63, 3.8) is 0 Å². The van der Waals surface area contributed by atoms with Gasteiger partial charge in [-0.3, -0.25) is 0 Å². The van der Waals surface area contributed by atoms with Crippen LogP contribution in [0.4, 0.5) is 0 Å². The first-order valence-electron chi connectivity index (χ1n) is 7.54. The maximum absolute atomic E-state index is 5.88. The summed E-state index contributed by atoms with van der Waals surface area (Å²) >= 11 is 7.35. The number of ether oxygens (including phenoxy) is 1. The highest BCUT2D eigenvalue weighted by atomic mass is 35.5. The average molecular weight is 361 g/mol. The van der Waals surface area contributed by atoms with Crippen LogP contribution in [0.3, 0.4) is 0 Å². The van der Waals surface area contributed by atoms with E-state index in [4.69, 9.17) is 20.8 Å². The molecule has 0 atom stereocenters. The van der Waals surface area contributed by atoms with E-state index in [0.29, 0.717) is 22.7 Å². The van der Waals surface area contributed by atoms with Crippen molar-refractivity contribution in [2.75, 3.05) is 12.4 Å². The molecule has 0 fully saturated rings. The maximum Gasteiger partial charge on any atom is 0.276 e. The Balaban J connectivity index is 1.52. The minimum absolute atomic E-state index is 0.490. The SMILES string of the molecule is Cc1ccc(C)c(OCCSc2nnc(-c3ccc(Cl)cc3)o2)c1. The standard InChI is InChI=1S/C18H17ClN2O2S/c1-12-3-4-13(2)16(11-12)22-9-10-24-18-21-20-17(23-18)14-5-7-15(19)8-6-14/h3-8,11H,9-10H2,1-2H3. The quantitative estimate of drug-likeness (QED) is 0.448. The monoisotopic (exact) mass is 360 g/mol. The van der Waals surface area contributed by atoms with Crippen molar-refractivity contribution >= 4 is 23.4 Å². The number of hydrogen-bond donors (Lipinski definition) is 0. The Morgan fingerprint density at radius 2 is 1.88 bits per heavy atom. The van der Waals surface area contributed by atoms with Gasteiger partial charge < -0.3 is 9.15 Å². The molecule has 2 aromatic carbocycles. The van der Waals surface area contributed by atoms with Crippen LogP contribution in [0.25, 0.3) is 11.5 Å². The lowest BCUT2D eigenvalue weighted by atomic mass is 10.1. The van der Waals surface area contributed by atoms with Gasteiger partial charge in [0, 0.05) is 16.3 Å². The molecule has 0 saturated carbocycles. The average Bonchev–Trinajstić information content (AvgIpc) is 3.04. The molecule has 3 rings (SSSR count). The molecule has 0 aliphatic heterocycles. The van der Waals surface area contributed by atoms with Crippen LogP contribution in [0.1, 0.15) is 11.1 Å². The minimum atomic E-state index is 0.490. The number of halogens is 1. The van der Waals surface area contributed by atoms with E-state index in [2.05, 4.69) is 29.3 Å². The smallest absolute Gasteiger partial charge is 0.276 e. The second-order valence-electron chi connectivity index (χ2n) is 5.35. The molecule has 0 N–H and O–H groups in total. The fourth-order valence-corrected chi connectivity index (χ4v) is 2.82. The molecule has 0 saturated heterocycles. The van der Waals surface area contributed by atoms with Crippen LogP contribution in [-0.4, -0.2) is 22.6 Å². The Hall–Kier alpha value is -1.98. The molecular formula is C18H17ClN2O2S. The van der Waals surface area contributed by atoms with Crippen LogP contribution in [0.5, 0.6) is 5.75 Å². The highest BCUT2D eigenvalue weighted by Gasteiger charge is 2.09. The fraction of sp³-hybridized carbons (Fsp3) is 0.222. The summed E-state index contributed by atoms with van der Waals surface area (Å²) in [4.78, 5) is 0. The highest BCUT2D eigenvalue weighted by molar-refractivity contribution is 7.99. The lowest BCUT2D eigenvalue weighted by Crippen LogP contribution is -2.01. The van der Waals surface area contributed by atoms with E-state index in [1.54, 1.807) is 12.1 Å². The Bertz CT molecular complexity index is 818. The summed E-state index contributed by atoms with van der Waals surface area (Å²) in [6.07, 6.45) is 0. The van der Waals surface area contributed by atoms with Crippen LogP contribution in [0.15, 0.2) is 52.1 Å². The number of nitrogens with zero attached hydrogens (tertiary/aromatic N) is 2. The van der Waals surface area contributed by atoms with Crippen molar-refractivity contribution in [1.29, 1.82) is 0 Å². The third-order valence-corrected chi connectivity index (χ3v) is 4.44. The first-order valence-corrected chi connectivity index (χ1v) is 8.90. The van der Waals surface area contributed by atoms with Crippen molar-refractivity contribution in [1.82, 2.24) is 10.2 Å². The van der Waals surface area contributed by atoms with Gasteiger partial charge in [0.15, 0.2) is 0 Å². The number of aryl methyl sites for hydroxylation is 2. The van der Waals surface area contributed by atoms with E-state index >= 15 is 0 Å². The molecule has 3 aromatic rings. The molecule has 4 nitrogen and oxygen atoms in total. The van der Waals surface area contributed by atoms with Crippen LogP contribution >= 0.6 is 23.4 Å². The summed E-state index contributed by atoms with van der Waals surface area (Å²) in [6.45, 7) is 4.67. The van der Waals surface area contributed by atoms with Gasteiger partial charge >= 0.3 is 0 Å². The van der Waals surface area contributed by atoms with Crippen LogP contribution in [-0.2, 0) is 0 Å². The lowest BCUT2D eigenvalue weighted by molar-refractivity contribution is 0.340. The van der Waals surface area contributed by atoms with Gasteiger partial charge in [-0.15, -0.1) is 10.2 Å². The van der Waals surface area contributed by atoms with Crippen LogP contribution < -0.4 is 4.74 Å². The zero-order valence-electron chi connectivity index (χ0n) is 13.5. The van der Waals surface area contributed by atoms with Gasteiger partial charge in [0.2, 0.25) is 5.89 Å². The van der Waals surface area contributed by atoms with Crippen molar-refractivity contribution in [3.8, 4) is 17.2 Å². The predicted molar refractivity (Wildman–Crippen MR) is 96.9 cm³/mol. The molecule has 24 heavy (non-hydrogen) atoms. The summed E-state index contributed by atoms with van der Waals surface area (Å²) in [5.41, 5.74) is 3.17. The van der Waals surface area contributed by atoms with E-state index in [1.807, 2.05) is 25.1 Å². The van der Waals surface area contributed by atoms with Crippen molar-refractivity contribution in [2.45, 2.75) is 19.1 Å². The molecule has 0 radical (unpaired) electrons. The molecule has 0 aliphatic rings. The summed E-state index contributed by atoms with van der Waals surface area (Å²) in [6, 6.07) is 13.5. The van der Waals surface area contributed by atoms with Crippen molar-refractivity contribution in [2.24, 2.45) is 0 Å². The first-order chi connectivity index (χ1) is 11.6. The van der Waals surface area contributed by atoms with Crippen molar-refractivity contribution < 1.29 is 9.15 Å². The van der Waals surface area contributed by atoms with Gasteiger partial charge in [0.25, 0.3) is 5.22 Å². The van der Waals surface area contributed by atoms with Gasteiger partial charge in [-0.1, -0.05) is 35.5 Å². The van der Waals surface area contributed by atoms with Gasteiger partial charge in [-0.2, -0.15) is 0 Å². The molecule has 124 valence electrons. The normalized spacial score (nSPS) is 10.8. The van der Waals surface area contributed by atoms with E-state index in [1.165, 1.54) is 17.3 Å². The van der Waals surface area contributed by atoms with Gasteiger partial charge in [0.05, 0.1) is 6.61 Å². The number of benzene rings is 2. The molecule has 0 amide bonds. The largest absolute Gasteiger partial charge is 0.492 e. The van der Waals surface area contributed by atoms with E-state index < -0.39 is 0 Å². The minimum Gasteiger partial charge on any atom is -0.492 e. The molecule has 6 heteroatoms. The van der Waals surface area contributed by atoms with Gasteiger partial charge in [-0.25, -0.2) is 0 Å². The van der Waals surface area contributed by atoms with E-state index in [-0.39, 0.29) is 0 Å². The molecule has 0 aliphatic carbocycles. The summed E-state index contributed by atoms with van der Waals surface area (Å²) < 4.78 is 11.5. The first kappa shape index (κ1) is 16.9. The zero-order valence-corrected chi connectivity index (χ0v) is 15.0. The molecule has 0 unspecified atom stereocenters. The molecule has 1 heterocycles. The third-order valence-electron chi connectivity index (χ3n) is 3.41. The predicted octanol–water partition coefficient (Wildman–Crippen LogP) is 5.18. The number of hydrogen-bond acceptors (Lipinski definition) is 5. The summed E-state index contributed by atoms with van der Waals surface area (Å²) in [7, 11) is 0. The zero-order chi connectivity index (χ0) is 16.9. The van der Waals surface area contributed by atoms with Crippen LogP contribution in [0.2, 0.25) is 5.02 Å². The van der Waals surface area contributed by atoms with Gasteiger partial charge in [-0.05, 0) is 55.3 Å². The summed E-state index contributed by atoms with van der Waals surface area (Å²) in [5.74, 6) is 2.14. The van der Waals surface area contributed by atoms with Crippen molar-refractivity contribution in [3.05, 3.63) is 58.6 Å². The number of rotatable bonds is 6. The van der Waals surface area contributed by atoms with Crippen LogP contribution in [0, 0.1) is 13.8 Å². The fourth-order valence-electron chi connectivity index (χ4n) is 2.12. The Morgan fingerprint density at radius 1 is 1.08 bits per heavy atom. The maximum atomic E-state index is 5.88. The second-order valence-corrected chi connectivity index (χ2v) is 6.83. The highest BCUT2D eigenvalue weighted by Crippen LogP contribution is 2.25. The van der Waals surface area contributed by atoms with Gasteiger partial charge in [0.1, 0.15) is 5.75 Å². The molecule has 0 bridgehead atoms. The third kappa shape index (κ3) is 4.30. The van der Waals surface area contributed by atoms with E-state index in [9.17, 15) is 0 Å². The second kappa shape index (κ2) is 7.73. The molecule has 1 aromatic heterocycles. The number of thioether (sulfide) groups is 1. The summed E-state index contributed by atoms with van der Waals surface area (Å²) in [5, 5.41) is 9.32. The molecule has 0 spiro atoms.